The van der Waals surface area contributed by atoms with E-state index in [-0.39, 0.29) is 17.6 Å². The zero-order chi connectivity index (χ0) is 18.5. The van der Waals surface area contributed by atoms with Crippen molar-refractivity contribution in [2.45, 2.75) is 43.8 Å². The fourth-order valence-electron chi connectivity index (χ4n) is 2.89. The second kappa shape index (κ2) is 8.40. The lowest BCUT2D eigenvalue weighted by atomic mass is 10.0. The number of carbonyl (C=O) groups is 2. The van der Waals surface area contributed by atoms with E-state index < -0.39 is 6.04 Å². The van der Waals surface area contributed by atoms with Crippen molar-refractivity contribution in [2.24, 2.45) is 0 Å². The van der Waals surface area contributed by atoms with E-state index in [0.29, 0.717) is 18.9 Å². The Labute approximate surface area is 157 Å². The maximum absolute atomic E-state index is 12.2. The summed E-state index contributed by atoms with van der Waals surface area (Å²) in [5.74, 6) is 0.467. The van der Waals surface area contributed by atoms with Gasteiger partial charge in [-0.3, -0.25) is 14.2 Å². The molecule has 138 valence electrons. The van der Waals surface area contributed by atoms with Crippen LogP contribution < -0.4 is 10.6 Å². The Balaban J connectivity index is 1.60. The fraction of sp³-hybridized carbons (Fsp3) is 0.421. The molecule has 2 heterocycles. The number of thioether (sulfide) groups is 1. The van der Waals surface area contributed by atoms with Gasteiger partial charge in [0.15, 0.2) is 5.16 Å². The summed E-state index contributed by atoms with van der Waals surface area (Å²) in [5.41, 5.74) is 2.30. The van der Waals surface area contributed by atoms with Gasteiger partial charge in [-0.25, -0.2) is 4.98 Å². The molecule has 0 spiro atoms. The minimum atomic E-state index is -0.417. The maximum Gasteiger partial charge on any atom is 0.242 e. The normalized spacial score (nSPS) is 17.2. The largest absolute Gasteiger partial charge is 0.354 e. The molecule has 1 aliphatic heterocycles. The zero-order valence-electron chi connectivity index (χ0n) is 15.1. The van der Waals surface area contributed by atoms with Gasteiger partial charge in [-0.1, -0.05) is 37.7 Å². The van der Waals surface area contributed by atoms with Crippen LogP contribution >= 0.6 is 11.8 Å². The number of hydrogen-bond acceptors (Lipinski definition) is 4. The molecule has 0 bridgehead atoms. The maximum atomic E-state index is 12.2. The Morgan fingerprint density at radius 1 is 1.38 bits per heavy atom. The predicted molar refractivity (Wildman–Crippen MR) is 103 cm³/mol. The monoisotopic (exact) mass is 372 g/mol. The SMILES string of the molecule is CC(C)c1ccc(-n2ccnc2SCC(=O)N[C@H]2CCCNC2=O)cc1. The molecule has 1 fully saturated rings. The van der Waals surface area contributed by atoms with Gasteiger partial charge in [-0.05, 0) is 36.5 Å². The predicted octanol–water partition coefficient (Wildman–Crippen LogP) is 2.48. The first kappa shape index (κ1) is 18.5. The number of amides is 2. The molecular weight excluding hydrogens is 348 g/mol. The highest BCUT2D eigenvalue weighted by atomic mass is 32.2. The lowest BCUT2D eigenvalue weighted by Gasteiger charge is -2.22. The van der Waals surface area contributed by atoms with E-state index in [1.165, 1.54) is 17.3 Å². The second-order valence-corrected chi connectivity index (χ2v) is 7.61. The van der Waals surface area contributed by atoms with Crippen molar-refractivity contribution in [2.75, 3.05) is 12.3 Å². The van der Waals surface area contributed by atoms with E-state index in [2.05, 4.69) is 53.7 Å². The molecule has 6 nitrogen and oxygen atoms in total. The summed E-state index contributed by atoms with van der Waals surface area (Å²) >= 11 is 1.37. The third-order valence-electron chi connectivity index (χ3n) is 4.40. The van der Waals surface area contributed by atoms with Gasteiger partial charge < -0.3 is 10.6 Å². The second-order valence-electron chi connectivity index (χ2n) is 6.67. The van der Waals surface area contributed by atoms with Gasteiger partial charge >= 0.3 is 0 Å². The molecule has 7 heteroatoms. The Bertz CT molecular complexity index is 770. The van der Waals surface area contributed by atoms with Crippen LogP contribution in [0.4, 0.5) is 0 Å². The zero-order valence-corrected chi connectivity index (χ0v) is 15.9. The molecule has 0 radical (unpaired) electrons. The Morgan fingerprint density at radius 2 is 2.15 bits per heavy atom. The molecule has 0 unspecified atom stereocenters. The number of nitrogens with zero attached hydrogens (tertiary/aromatic N) is 2. The number of piperidine rings is 1. The third-order valence-corrected chi connectivity index (χ3v) is 5.36. The third kappa shape index (κ3) is 4.46. The highest BCUT2D eigenvalue weighted by Crippen LogP contribution is 2.22. The van der Waals surface area contributed by atoms with E-state index in [9.17, 15) is 9.59 Å². The van der Waals surface area contributed by atoms with Crippen LogP contribution in [0.15, 0.2) is 41.8 Å². The minimum Gasteiger partial charge on any atom is -0.354 e. The van der Waals surface area contributed by atoms with Gasteiger partial charge in [0.1, 0.15) is 6.04 Å². The van der Waals surface area contributed by atoms with Crippen molar-refractivity contribution in [1.82, 2.24) is 20.2 Å². The summed E-state index contributed by atoms with van der Waals surface area (Å²) in [4.78, 5) is 28.2. The number of imidazole rings is 1. The van der Waals surface area contributed by atoms with Crippen LogP contribution in [-0.4, -0.2) is 39.7 Å². The smallest absolute Gasteiger partial charge is 0.242 e. The summed E-state index contributed by atoms with van der Waals surface area (Å²) in [5, 5.41) is 6.33. The molecule has 1 aromatic heterocycles. The van der Waals surface area contributed by atoms with E-state index in [1.807, 2.05) is 10.8 Å². The lowest BCUT2D eigenvalue weighted by Crippen LogP contribution is -2.50. The van der Waals surface area contributed by atoms with Gasteiger partial charge in [0, 0.05) is 24.6 Å². The molecule has 2 N–H and O–H groups in total. The summed E-state index contributed by atoms with van der Waals surface area (Å²) in [6.45, 7) is 5.02. The Morgan fingerprint density at radius 3 is 2.85 bits per heavy atom. The molecule has 1 aliphatic rings. The number of aromatic nitrogens is 2. The van der Waals surface area contributed by atoms with Crippen molar-refractivity contribution in [1.29, 1.82) is 0 Å². The van der Waals surface area contributed by atoms with Crippen LogP contribution in [0.5, 0.6) is 0 Å². The first-order chi connectivity index (χ1) is 12.5. The van der Waals surface area contributed by atoms with Crippen molar-refractivity contribution in [3.63, 3.8) is 0 Å². The summed E-state index contributed by atoms with van der Waals surface area (Å²) < 4.78 is 1.97. The van der Waals surface area contributed by atoms with Crippen LogP contribution in [0.3, 0.4) is 0 Å². The summed E-state index contributed by atoms with van der Waals surface area (Å²) in [6.07, 6.45) is 5.20. The molecule has 0 aliphatic carbocycles. The molecule has 3 rings (SSSR count). The average molecular weight is 372 g/mol. The highest BCUT2D eigenvalue weighted by molar-refractivity contribution is 7.99. The molecule has 1 atom stereocenters. The van der Waals surface area contributed by atoms with Gasteiger partial charge in [-0.15, -0.1) is 0 Å². The van der Waals surface area contributed by atoms with E-state index in [0.717, 1.165) is 17.3 Å². The molecule has 2 amide bonds. The molecule has 1 aromatic carbocycles. The van der Waals surface area contributed by atoms with Crippen molar-refractivity contribution in [3.8, 4) is 5.69 Å². The Hall–Kier alpha value is -2.28. The number of carbonyl (C=O) groups excluding carboxylic acids is 2. The van der Waals surface area contributed by atoms with Crippen molar-refractivity contribution in [3.05, 3.63) is 42.2 Å². The van der Waals surface area contributed by atoms with Crippen LogP contribution in [-0.2, 0) is 9.59 Å². The quantitative estimate of drug-likeness (QED) is 0.764. The van der Waals surface area contributed by atoms with Gasteiger partial charge in [0.2, 0.25) is 11.8 Å². The summed E-state index contributed by atoms with van der Waals surface area (Å²) in [7, 11) is 0. The Kier molecular flexibility index (Phi) is 5.98. The fourth-order valence-corrected chi connectivity index (χ4v) is 3.67. The standard InChI is InChI=1S/C19H24N4O2S/c1-13(2)14-5-7-15(8-6-14)23-11-10-21-19(23)26-12-17(24)22-16-4-3-9-20-18(16)25/h5-8,10-11,13,16H,3-4,9,12H2,1-2H3,(H,20,25)(H,22,24)/t16-/m0/s1. The highest BCUT2D eigenvalue weighted by Gasteiger charge is 2.23. The number of benzene rings is 1. The number of hydrogen-bond donors (Lipinski definition) is 2. The molecule has 0 saturated carbocycles. The molecule has 26 heavy (non-hydrogen) atoms. The molecular formula is C19H24N4O2S. The number of nitrogens with one attached hydrogen (secondary N) is 2. The van der Waals surface area contributed by atoms with Crippen molar-refractivity contribution < 1.29 is 9.59 Å². The van der Waals surface area contributed by atoms with E-state index in [4.69, 9.17) is 0 Å². The molecule has 1 saturated heterocycles. The number of rotatable bonds is 6. The van der Waals surface area contributed by atoms with Crippen molar-refractivity contribution >= 4 is 23.6 Å². The topological polar surface area (TPSA) is 76.0 Å². The van der Waals surface area contributed by atoms with Crippen LogP contribution in [0.25, 0.3) is 5.69 Å². The van der Waals surface area contributed by atoms with Gasteiger partial charge in [0.05, 0.1) is 5.75 Å². The average Bonchev–Trinajstić information content (AvgIpc) is 3.10. The van der Waals surface area contributed by atoms with E-state index >= 15 is 0 Å². The first-order valence-corrected chi connectivity index (χ1v) is 9.86. The van der Waals surface area contributed by atoms with Crippen LogP contribution in [0.1, 0.15) is 38.2 Å². The minimum absolute atomic E-state index is 0.0960. The first-order valence-electron chi connectivity index (χ1n) is 8.88. The van der Waals surface area contributed by atoms with Gasteiger partial charge in [0.25, 0.3) is 0 Å². The lowest BCUT2D eigenvalue weighted by molar-refractivity contribution is -0.129. The van der Waals surface area contributed by atoms with Gasteiger partial charge in [-0.2, -0.15) is 0 Å². The summed E-state index contributed by atoms with van der Waals surface area (Å²) in [6, 6.07) is 7.94. The molecule has 2 aromatic rings. The van der Waals surface area contributed by atoms with E-state index in [1.54, 1.807) is 6.20 Å². The van der Waals surface area contributed by atoms with Crippen LogP contribution in [0.2, 0.25) is 0 Å². The van der Waals surface area contributed by atoms with Crippen LogP contribution in [0, 0.1) is 0 Å².